The topological polar surface area (TPSA) is 57.4 Å². The summed E-state index contributed by atoms with van der Waals surface area (Å²) in [5.41, 5.74) is 8.11. The Labute approximate surface area is 110 Å². The number of halogens is 1. The maximum Gasteiger partial charge on any atom is 0.149 e. The van der Waals surface area contributed by atoms with E-state index in [0.717, 1.165) is 11.1 Å². The van der Waals surface area contributed by atoms with Gasteiger partial charge in [-0.25, -0.2) is 0 Å². The zero-order valence-corrected chi connectivity index (χ0v) is 10.9. The molecule has 0 bridgehead atoms. The lowest BCUT2D eigenvalue weighted by Gasteiger charge is -2.14. The van der Waals surface area contributed by atoms with Crippen LogP contribution in [0.5, 0.6) is 11.5 Å². The molecular weight excluding hydrogens is 252 g/mol. The fourth-order valence-electron chi connectivity index (χ4n) is 1.76. The van der Waals surface area contributed by atoms with E-state index in [9.17, 15) is 0 Å². The first kappa shape index (κ1) is 12.5. The molecule has 0 aliphatic carbocycles. The van der Waals surface area contributed by atoms with Crippen LogP contribution < -0.4 is 15.2 Å². The molecule has 0 fully saturated rings. The lowest BCUT2D eigenvalue weighted by atomic mass is 10.0. The standard InChI is InChI=1S/C13H13ClN2O2/c1-17-11-4-3-9(13(18-2)12(11)14)8-5-6-16-7-10(8)15/h3-7H,15H2,1-2H3. The first-order chi connectivity index (χ1) is 8.69. The van der Waals surface area contributed by atoms with Gasteiger partial charge in [-0.15, -0.1) is 0 Å². The van der Waals surface area contributed by atoms with Gasteiger partial charge in [-0.3, -0.25) is 4.98 Å². The largest absolute Gasteiger partial charge is 0.495 e. The molecule has 1 aromatic carbocycles. The van der Waals surface area contributed by atoms with Crippen LogP contribution in [0, 0.1) is 0 Å². The van der Waals surface area contributed by atoms with Crippen molar-refractivity contribution in [2.24, 2.45) is 0 Å². The molecule has 0 spiro atoms. The number of methoxy groups -OCH3 is 2. The van der Waals surface area contributed by atoms with Crippen molar-refractivity contribution in [1.29, 1.82) is 0 Å². The summed E-state index contributed by atoms with van der Waals surface area (Å²) in [6.07, 6.45) is 3.26. The molecule has 0 atom stereocenters. The van der Waals surface area contributed by atoms with Crippen molar-refractivity contribution in [1.82, 2.24) is 4.98 Å². The van der Waals surface area contributed by atoms with Crippen LogP contribution in [0.4, 0.5) is 5.69 Å². The van der Waals surface area contributed by atoms with E-state index in [2.05, 4.69) is 4.98 Å². The van der Waals surface area contributed by atoms with Crippen molar-refractivity contribution >= 4 is 17.3 Å². The Balaban J connectivity index is 2.66. The van der Waals surface area contributed by atoms with Gasteiger partial charge in [0.25, 0.3) is 0 Å². The number of aromatic nitrogens is 1. The van der Waals surface area contributed by atoms with Gasteiger partial charge in [0.1, 0.15) is 16.5 Å². The Morgan fingerprint density at radius 1 is 1.11 bits per heavy atom. The summed E-state index contributed by atoms with van der Waals surface area (Å²) in [6, 6.07) is 5.45. The highest BCUT2D eigenvalue weighted by molar-refractivity contribution is 6.34. The summed E-state index contributed by atoms with van der Waals surface area (Å²) in [5, 5.41) is 0.425. The Kier molecular flexibility index (Phi) is 3.58. The Morgan fingerprint density at radius 2 is 1.89 bits per heavy atom. The number of nitrogen functional groups attached to an aromatic ring is 1. The van der Waals surface area contributed by atoms with Crippen molar-refractivity contribution in [3.05, 3.63) is 35.6 Å². The van der Waals surface area contributed by atoms with Crippen LogP contribution in [-0.4, -0.2) is 19.2 Å². The molecule has 0 aliphatic rings. The highest BCUT2D eigenvalue weighted by Crippen LogP contribution is 2.42. The first-order valence-corrected chi connectivity index (χ1v) is 5.67. The number of anilines is 1. The van der Waals surface area contributed by atoms with E-state index in [1.54, 1.807) is 32.7 Å². The van der Waals surface area contributed by atoms with Gasteiger partial charge >= 0.3 is 0 Å². The molecule has 0 radical (unpaired) electrons. The Hall–Kier alpha value is -1.94. The van der Waals surface area contributed by atoms with Gasteiger partial charge in [-0.05, 0) is 18.2 Å². The monoisotopic (exact) mass is 264 g/mol. The first-order valence-electron chi connectivity index (χ1n) is 5.29. The SMILES string of the molecule is COc1ccc(-c2ccncc2N)c(OC)c1Cl. The molecule has 1 heterocycles. The summed E-state index contributed by atoms with van der Waals surface area (Å²) in [7, 11) is 3.11. The van der Waals surface area contributed by atoms with Crippen molar-refractivity contribution in [2.75, 3.05) is 20.0 Å². The number of nitrogens with zero attached hydrogens (tertiary/aromatic N) is 1. The van der Waals surface area contributed by atoms with Crippen LogP contribution in [0.15, 0.2) is 30.6 Å². The molecule has 94 valence electrons. The van der Waals surface area contributed by atoms with Crippen LogP contribution in [0.3, 0.4) is 0 Å². The minimum Gasteiger partial charge on any atom is -0.495 e. The Morgan fingerprint density at radius 3 is 2.50 bits per heavy atom. The van der Waals surface area contributed by atoms with E-state index in [1.807, 2.05) is 12.1 Å². The van der Waals surface area contributed by atoms with Crippen molar-refractivity contribution in [3.8, 4) is 22.6 Å². The van der Waals surface area contributed by atoms with E-state index in [0.29, 0.717) is 22.2 Å². The molecule has 0 amide bonds. The number of nitrogens with two attached hydrogens (primary N) is 1. The lowest BCUT2D eigenvalue weighted by molar-refractivity contribution is 0.396. The average molecular weight is 265 g/mol. The summed E-state index contributed by atoms with van der Waals surface area (Å²) in [4.78, 5) is 3.96. The number of pyridine rings is 1. The maximum atomic E-state index is 6.21. The van der Waals surface area contributed by atoms with Crippen molar-refractivity contribution in [3.63, 3.8) is 0 Å². The number of benzene rings is 1. The van der Waals surface area contributed by atoms with Gasteiger partial charge in [-0.2, -0.15) is 0 Å². The molecule has 2 N–H and O–H groups in total. The fraction of sp³-hybridized carbons (Fsp3) is 0.154. The second-order valence-electron chi connectivity index (χ2n) is 3.63. The average Bonchev–Trinajstić information content (AvgIpc) is 2.39. The number of rotatable bonds is 3. The number of hydrogen-bond donors (Lipinski definition) is 1. The van der Waals surface area contributed by atoms with Crippen molar-refractivity contribution < 1.29 is 9.47 Å². The van der Waals surface area contributed by atoms with Crippen molar-refractivity contribution in [2.45, 2.75) is 0 Å². The third kappa shape index (κ3) is 2.07. The Bertz CT molecular complexity index is 573. The molecular formula is C13H13ClN2O2. The smallest absolute Gasteiger partial charge is 0.149 e. The molecule has 0 saturated carbocycles. The fourth-order valence-corrected chi connectivity index (χ4v) is 2.08. The van der Waals surface area contributed by atoms with E-state index in [4.69, 9.17) is 26.8 Å². The molecule has 0 saturated heterocycles. The molecule has 0 aliphatic heterocycles. The van der Waals surface area contributed by atoms with Gasteiger partial charge in [-0.1, -0.05) is 11.6 Å². The molecule has 2 aromatic rings. The third-order valence-electron chi connectivity index (χ3n) is 2.63. The second-order valence-corrected chi connectivity index (χ2v) is 4.00. The van der Waals surface area contributed by atoms with Gasteiger partial charge in [0.15, 0.2) is 0 Å². The van der Waals surface area contributed by atoms with Gasteiger partial charge in [0.05, 0.1) is 26.1 Å². The summed E-state index contributed by atoms with van der Waals surface area (Å²) < 4.78 is 10.5. The van der Waals surface area contributed by atoms with E-state index in [-0.39, 0.29) is 0 Å². The van der Waals surface area contributed by atoms with Crippen LogP contribution in [0.25, 0.3) is 11.1 Å². The second kappa shape index (κ2) is 5.14. The summed E-state index contributed by atoms with van der Waals surface area (Å²) >= 11 is 6.21. The van der Waals surface area contributed by atoms with Crippen LogP contribution in [-0.2, 0) is 0 Å². The minimum atomic E-state index is 0.425. The van der Waals surface area contributed by atoms with E-state index < -0.39 is 0 Å². The molecule has 18 heavy (non-hydrogen) atoms. The zero-order valence-electron chi connectivity index (χ0n) is 10.1. The predicted octanol–water partition coefficient (Wildman–Crippen LogP) is 3.00. The van der Waals surface area contributed by atoms with Gasteiger partial charge in [0, 0.05) is 17.3 Å². The lowest BCUT2D eigenvalue weighted by Crippen LogP contribution is -1.96. The molecule has 4 nitrogen and oxygen atoms in total. The third-order valence-corrected chi connectivity index (χ3v) is 2.99. The van der Waals surface area contributed by atoms with E-state index in [1.165, 1.54) is 0 Å². The highest BCUT2D eigenvalue weighted by Gasteiger charge is 2.15. The normalized spacial score (nSPS) is 10.2. The maximum absolute atomic E-state index is 6.21. The number of ether oxygens (including phenoxy) is 2. The summed E-state index contributed by atoms with van der Waals surface area (Å²) in [5.74, 6) is 1.10. The van der Waals surface area contributed by atoms with Gasteiger partial charge < -0.3 is 15.2 Å². The predicted molar refractivity (Wildman–Crippen MR) is 72.2 cm³/mol. The molecule has 0 unspecified atom stereocenters. The van der Waals surface area contributed by atoms with Crippen LogP contribution >= 0.6 is 11.6 Å². The molecule has 1 aromatic heterocycles. The quantitative estimate of drug-likeness (QED) is 0.926. The highest BCUT2D eigenvalue weighted by atomic mass is 35.5. The zero-order chi connectivity index (χ0) is 13.1. The van der Waals surface area contributed by atoms with Gasteiger partial charge in [0.2, 0.25) is 0 Å². The summed E-state index contributed by atoms with van der Waals surface area (Å²) in [6.45, 7) is 0. The molecule has 2 rings (SSSR count). The van der Waals surface area contributed by atoms with Crippen LogP contribution in [0.1, 0.15) is 0 Å². The van der Waals surface area contributed by atoms with E-state index >= 15 is 0 Å². The minimum absolute atomic E-state index is 0.425. The molecule has 5 heteroatoms. The number of hydrogen-bond acceptors (Lipinski definition) is 4. The van der Waals surface area contributed by atoms with Crippen LogP contribution in [0.2, 0.25) is 5.02 Å².